The summed E-state index contributed by atoms with van der Waals surface area (Å²) in [6.07, 6.45) is 16.0. The molecule has 262 valence electrons. The van der Waals surface area contributed by atoms with E-state index in [-0.39, 0.29) is 18.8 Å². The van der Waals surface area contributed by atoms with E-state index in [1.165, 1.54) is 19.2 Å². The van der Waals surface area contributed by atoms with Crippen LogP contribution in [0, 0.1) is 11.3 Å². The fourth-order valence-electron chi connectivity index (χ4n) is 7.90. The van der Waals surface area contributed by atoms with Gasteiger partial charge in [-0.2, -0.15) is 5.26 Å². The van der Waals surface area contributed by atoms with E-state index in [0.29, 0.717) is 53.5 Å². The number of ether oxygens (including phenoxy) is 3. The molecule has 4 aliphatic rings. The molecule has 1 unspecified atom stereocenters. The summed E-state index contributed by atoms with van der Waals surface area (Å²) in [7, 11) is 0. The van der Waals surface area contributed by atoms with Gasteiger partial charge in [0.25, 0.3) is 5.88 Å². The number of fused-ring (bicyclic) bond motifs is 2. The van der Waals surface area contributed by atoms with Gasteiger partial charge >= 0.3 is 0 Å². The number of aromatic nitrogens is 8. The van der Waals surface area contributed by atoms with Crippen molar-refractivity contribution in [1.29, 1.82) is 5.26 Å². The second-order valence-electron chi connectivity index (χ2n) is 14.2. The Morgan fingerprint density at radius 3 is 2.46 bits per heavy atom. The van der Waals surface area contributed by atoms with Gasteiger partial charge in [-0.3, -0.25) is 9.58 Å². The van der Waals surface area contributed by atoms with Crippen molar-refractivity contribution in [3.8, 4) is 28.8 Å². The first-order valence-corrected chi connectivity index (χ1v) is 17.7. The van der Waals surface area contributed by atoms with Crippen molar-refractivity contribution in [1.82, 2.24) is 44.9 Å². The van der Waals surface area contributed by atoms with Gasteiger partial charge in [-0.05, 0) is 92.8 Å². The molecular formula is C35H43N11O4. The summed E-state index contributed by atoms with van der Waals surface area (Å²) in [6, 6.07) is 9.62. The van der Waals surface area contributed by atoms with Gasteiger partial charge in [0.15, 0.2) is 0 Å². The molecule has 15 heteroatoms. The zero-order chi connectivity index (χ0) is 34.1. The number of nitrogens with zero attached hydrogens (tertiary/aromatic N) is 10. The monoisotopic (exact) mass is 681 g/mol. The van der Waals surface area contributed by atoms with E-state index in [1.54, 1.807) is 23.1 Å². The average molecular weight is 682 g/mol. The van der Waals surface area contributed by atoms with E-state index in [4.69, 9.17) is 19.3 Å². The summed E-state index contributed by atoms with van der Waals surface area (Å²) in [4.78, 5) is 12.0. The normalized spacial score (nSPS) is 25.0. The standard InChI is InChI=1S/C35H43N11O4/c1-23(17-44-22-39-42-43-44)50-32-13-24(3-4-25(32)14-36)26-15-37-34(38-16-26)40-31-18-45(41-33(31)49-21-35(47)11-2-12-35)27-5-7-28(8-6-27)46-29-9-10-30(46)20-48-19-29/h3-4,13,15-16,18,22-23,27-30,47H,2,5-12,17,19-21H2,1H3,(H,37,38,40)/t23?,27?,28?,29-,30+. The predicted molar refractivity (Wildman–Crippen MR) is 181 cm³/mol. The molecule has 4 fully saturated rings. The number of aliphatic hydroxyl groups is 1. The molecular weight excluding hydrogens is 638 g/mol. The molecule has 2 aliphatic heterocycles. The number of hydrogen-bond acceptors (Lipinski definition) is 13. The summed E-state index contributed by atoms with van der Waals surface area (Å²) >= 11 is 0. The van der Waals surface area contributed by atoms with Gasteiger partial charge in [-0.15, -0.1) is 10.2 Å². The molecule has 5 heterocycles. The SMILES string of the molecule is CC(Cn1cnnn1)Oc1cc(-c2cnc(Nc3cn(C4CCC(N5[C@@H]6CC[C@H]5COC6)CC4)nc3OCC3(O)CCC3)nc2)ccc1C#N. The molecule has 8 rings (SSSR count). The lowest BCUT2D eigenvalue weighted by Crippen LogP contribution is -2.52. The highest BCUT2D eigenvalue weighted by Crippen LogP contribution is 2.40. The molecule has 2 N–H and O–H groups in total. The highest BCUT2D eigenvalue weighted by Gasteiger charge is 2.42. The van der Waals surface area contributed by atoms with Gasteiger partial charge in [0, 0.05) is 36.1 Å². The van der Waals surface area contributed by atoms with Crippen LogP contribution in [-0.2, 0) is 11.3 Å². The van der Waals surface area contributed by atoms with Gasteiger partial charge in [-0.25, -0.2) is 14.6 Å². The second-order valence-corrected chi connectivity index (χ2v) is 14.2. The Balaban J connectivity index is 0.958. The lowest BCUT2D eigenvalue weighted by atomic mass is 9.81. The Hall–Kier alpha value is -4.65. The van der Waals surface area contributed by atoms with Crippen LogP contribution in [0.2, 0.25) is 0 Å². The van der Waals surface area contributed by atoms with Crippen molar-refractivity contribution in [3.05, 3.63) is 48.7 Å². The maximum atomic E-state index is 10.8. The van der Waals surface area contributed by atoms with Crippen LogP contribution < -0.4 is 14.8 Å². The molecule has 50 heavy (non-hydrogen) atoms. The van der Waals surface area contributed by atoms with Crippen LogP contribution in [0.1, 0.15) is 76.3 Å². The topological polar surface area (TPSA) is 174 Å². The molecule has 0 spiro atoms. The fraction of sp³-hybridized carbons (Fsp3) is 0.571. The van der Waals surface area contributed by atoms with Crippen LogP contribution in [-0.4, -0.2) is 99.6 Å². The quantitative estimate of drug-likeness (QED) is 0.219. The third-order valence-electron chi connectivity index (χ3n) is 10.7. The van der Waals surface area contributed by atoms with Gasteiger partial charge in [0.2, 0.25) is 5.95 Å². The number of hydrogen-bond donors (Lipinski definition) is 2. The molecule has 2 saturated heterocycles. The van der Waals surface area contributed by atoms with Crippen LogP contribution in [0.15, 0.2) is 43.1 Å². The average Bonchev–Trinajstić information content (AvgIpc) is 3.84. The van der Waals surface area contributed by atoms with Crippen molar-refractivity contribution >= 4 is 11.6 Å². The van der Waals surface area contributed by atoms with E-state index in [9.17, 15) is 10.4 Å². The van der Waals surface area contributed by atoms with Gasteiger partial charge in [0.05, 0.1) is 43.2 Å². The minimum Gasteiger partial charge on any atom is -0.487 e. The molecule has 15 nitrogen and oxygen atoms in total. The van der Waals surface area contributed by atoms with Crippen LogP contribution in [0.25, 0.3) is 11.1 Å². The zero-order valence-electron chi connectivity index (χ0n) is 28.3. The van der Waals surface area contributed by atoms with Crippen molar-refractivity contribution < 1.29 is 19.3 Å². The number of rotatable bonds is 12. The maximum absolute atomic E-state index is 10.8. The number of benzene rings is 1. The van der Waals surface area contributed by atoms with Gasteiger partial charge < -0.3 is 24.6 Å². The van der Waals surface area contributed by atoms with E-state index < -0.39 is 5.60 Å². The van der Waals surface area contributed by atoms with Crippen LogP contribution in [0.3, 0.4) is 0 Å². The highest BCUT2D eigenvalue weighted by atomic mass is 16.5. The third-order valence-corrected chi connectivity index (χ3v) is 10.7. The Bertz CT molecular complexity index is 1780. The number of anilines is 2. The summed E-state index contributed by atoms with van der Waals surface area (Å²) in [5, 5.41) is 39.8. The Kier molecular flexibility index (Phi) is 9.07. The van der Waals surface area contributed by atoms with Crippen molar-refractivity contribution in [2.75, 3.05) is 25.1 Å². The van der Waals surface area contributed by atoms with Crippen LogP contribution in [0.5, 0.6) is 11.6 Å². The number of nitrogens with one attached hydrogen (secondary N) is 1. The maximum Gasteiger partial charge on any atom is 0.257 e. The molecule has 1 aromatic carbocycles. The molecule has 3 aromatic heterocycles. The second kappa shape index (κ2) is 13.9. The van der Waals surface area contributed by atoms with E-state index in [0.717, 1.165) is 69.3 Å². The molecule has 0 amide bonds. The lowest BCUT2D eigenvalue weighted by Gasteiger charge is -2.43. The first-order valence-electron chi connectivity index (χ1n) is 17.7. The summed E-state index contributed by atoms with van der Waals surface area (Å²) in [5.41, 5.74) is 1.87. The minimum atomic E-state index is -0.802. The van der Waals surface area contributed by atoms with Gasteiger partial charge in [0.1, 0.15) is 36.5 Å². The number of morpholine rings is 1. The lowest BCUT2D eigenvalue weighted by molar-refractivity contribution is -0.0673. The summed E-state index contributed by atoms with van der Waals surface area (Å²) in [5.74, 6) is 1.30. The third kappa shape index (κ3) is 6.87. The molecule has 2 bridgehead atoms. The van der Waals surface area contributed by atoms with E-state index >= 15 is 0 Å². The molecule has 0 radical (unpaired) electrons. The number of tetrazole rings is 1. The Morgan fingerprint density at radius 2 is 1.78 bits per heavy atom. The molecule has 2 aliphatic carbocycles. The molecule has 4 aromatic rings. The Labute approximate surface area is 290 Å². The smallest absolute Gasteiger partial charge is 0.257 e. The van der Waals surface area contributed by atoms with Crippen molar-refractivity contribution in [3.63, 3.8) is 0 Å². The van der Waals surface area contributed by atoms with Crippen LogP contribution >= 0.6 is 0 Å². The Morgan fingerprint density at radius 1 is 1.04 bits per heavy atom. The summed E-state index contributed by atoms with van der Waals surface area (Å²) < 4.78 is 21.7. The van der Waals surface area contributed by atoms with Crippen molar-refractivity contribution in [2.45, 2.75) is 107 Å². The molecule has 2 saturated carbocycles. The largest absolute Gasteiger partial charge is 0.487 e. The van der Waals surface area contributed by atoms with Crippen molar-refractivity contribution in [2.24, 2.45) is 0 Å². The summed E-state index contributed by atoms with van der Waals surface area (Å²) in [6.45, 7) is 4.26. The van der Waals surface area contributed by atoms with Gasteiger partial charge in [-0.1, -0.05) is 6.07 Å². The predicted octanol–water partition coefficient (Wildman–Crippen LogP) is 4.05. The van der Waals surface area contributed by atoms with E-state index in [1.807, 2.05) is 29.9 Å². The van der Waals surface area contributed by atoms with E-state index in [2.05, 4.69) is 41.8 Å². The molecule has 3 atom stereocenters. The minimum absolute atomic E-state index is 0.197. The first kappa shape index (κ1) is 32.5. The number of nitriles is 1. The fourth-order valence-corrected chi connectivity index (χ4v) is 7.90. The first-order chi connectivity index (χ1) is 24.4. The van der Waals surface area contributed by atoms with Crippen LogP contribution in [0.4, 0.5) is 11.6 Å². The zero-order valence-corrected chi connectivity index (χ0v) is 28.3. The highest BCUT2D eigenvalue weighted by molar-refractivity contribution is 5.67.